The van der Waals surface area contributed by atoms with E-state index in [-0.39, 0.29) is 24.3 Å². The summed E-state index contributed by atoms with van der Waals surface area (Å²) in [6.45, 7) is 5.94. The van der Waals surface area contributed by atoms with Crippen LogP contribution in [0.2, 0.25) is 0 Å². The number of carbonyl (C=O) groups excluding carboxylic acids is 2. The van der Waals surface area contributed by atoms with E-state index < -0.39 is 0 Å². The number of anilines is 1. The average molecular weight is 381 g/mol. The molecule has 6 nitrogen and oxygen atoms in total. The standard InChI is InChI=1S/C22H27N3O3/c1-17(25-13-11-24(12-14-25)15-16-26)22(28)23-20-10-6-5-9-19(20)21(27)18-7-3-2-4-8-18/h2-10,17,26H,11-16H2,1H3,(H,23,28). The Morgan fingerprint density at radius 3 is 2.32 bits per heavy atom. The number of hydrogen-bond donors (Lipinski definition) is 2. The fraction of sp³-hybridized carbons (Fsp3) is 0.364. The van der Waals surface area contributed by atoms with E-state index in [2.05, 4.69) is 15.1 Å². The van der Waals surface area contributed by atoms with Gasteiger partial charge in [-0.3, -0.25) is 19.4 Å². The van der Waals surface area contributed by atoms with E-state index in [1.54, 1.807) is 30.3 Å². The highest BCUT2D eigenvalue weighted by Gasteiger charge is 2.26. The number of nitrogens with zero attached hydrogens (tertiary/aromatic N) is 2. The number of para-hydroxylation sites is 1. The Morgan fingerprint density at radius 2 is 1.64 bits per heavy atom. The normalized spacial score (nSPS) is 16.5. The maximum Gasteiger partial charge on any atom is 0.241 e. The number of benzene rings is 2. The van der Waals surface area contributed by atoms with E-state index >= 15 is 0 Å². The number of amides is 1. The van der Waals surface area contributed by atoms with Crippen LogP contribution < -0.4 is 5.32 Å². The predicted octanol–water partition coefficient (Wildman–Crippen LogP) is 1.85. The van der Waals surface area contributed by atoms with Crippen molar-refractivity contribution >= 4 is 17.4 Å². The number of β-amino-alcohol motifs (C(OH)–C–C–N with tert-alkyl or cyclic N) is 1. The number of aliphatic hydroxyl groups is 1. The van der Waals surface area contributed by atoms with Crippen LogP contribution in [-0.4, -0.2) is 72.0 Å². The zero-order valence-electron chi connectivity index (χ0n) is 16.2. The van der Waals surface area contributed by atoms with Crippen LogP contribution in [0.25, 0.3) is 0 Å². The number of nitrogens with one attached hydrogen (secondary N) is 1. The van der Waals surface area contributed by atoms with Gasteiger partial charge in [-0.05, 0) is 19.1 Å². The first-order valence-corrected chi connectivity index (χ1v) is 9.67. The molecular formula is C22H27N3O3. The first-order chi connectivity index (χ1) is 13.6. The fourth-order valence-corrected chi connectivity index (χ4v) is 3.45. The minimum atomic E-state index is -0.295. The Hall–Kier alpha value is -2.54. The lowest BCUT2D eigenvalue weighted by Crippen LogP contribution is -2.53. The number of piperazine rings is 1. The molecule has 1 amide bonds. The van der Waals surface area contributed by atoms with Crippen LogP contribution in [0.15, 0.2) is 54.6 Å². The van der Waals surface area contributed by atoms with Gasteiger partial charge in [-0.1, -0.05) is 42.5 Å². The van der Waals surface area contributed by atoms with Gasteiger partial charge in [0.15, 0.2) is 5.78 Å². The molecule has 1 saturated heterocycles. The predicted molar refractivity (Wildman–Crippen MR) is 110 cm³/mol. The second-order valence-electron chi connectivity index (χ2n) is 7.01. The van der Waals surface area contributed by atoms with E-state index in [9.17, 15) is 9.59 Å². The molecule has 0 spiro atoms. The Labute approximate surface area is 165 Å². The molecule has 0 bridgehead atoms. The Balaban J connectivity index is 1.67. The summed E-state index contributed by atoms with van der Waals surface area (Å²) in [6, 6.07) is 15.9. The molecule has 1 heterocycles. The molecule has 2 aromatic rings. The molecule has 0 radical (unpaired) electrons. The van der Waals surface area contributed by atoms with Crippen LogP contribution in [0.5, 0.6) is 0 Å². The van der Waals surface area contributed by atoms with Gasteiger partial charge in [0.05, 0.1) is 18.3 Å². The summed E-state index contributed by atoms with van der Waals surface area (Å²) in [7, 11) is 0. The third-order valence-electron chi connectivity index (χ3n) is 5.22. The molecule has 2 N–H and O–H groups in total. The van der Waals surface area contributed by atoms with E-state index in [4.69, 9.17) is 5.11 Å². The molecule has 1 atom stereocenters. The smallest absolute Gasteiger partial charge is 0.241 e. The van der Waals surface area contributed by atoms with Crippen molar-refractivity contribution < 1.29 is 14.7 Å². The first kappa shape index (κ1) is 20.2. The molecule has 0 aromatic heterocycles. The monoisotopic (exact) mass is 381 g/mol. The largest absolute Gasteiger partial charge is 0.395 e. The van der Waals surface area contributed by atoms with E-state index in [1.165, 1.54) is 0 Å². The van der Waals surface area contributed by atoms with Crippen molar-refractivity contribution in [3.05, 3.63) is 65.7 Å². The molecule has 1 unspecified atom stereocenters. The van der Waals surface area contributed by atoms with Gasteiger partial charge in [0.25, 0.3) is 0 Å². The van der Waals surface area contributed by atoms with Crippen LogP contribution in [0.1, 0.15) is 22.8 Å². The SMILES string of the molecule is CC(C(=O)Nc1ccccc1C(=O)c1ccccc1)N1CCN(CCO)CC1. The van der Waals surface area contributed by atoms with Crippen molar-refractivity contribution in [3.63, 3.8) is 0 Å². The molecule has 1 aliphatic rings. The average Bonchev–Trinajstić information content (AvgIpc) is 2.74. The van der Waals surface area contributed by atoms with Crippen LogP contribution in [0, 0.1) is 0 Å². The van der Waals surface area contributed by atoms with Crippen LogP contribution in [0.3, 0.4) is 0 Å². The number of aliphatic hydroxyl groups excluding tert-OH is 1. The number of ketones is 1. The zero-order chi connectivity index (χ0) is 19.9. The van der Waals surface area contributed by atoms with E-state index in [1.807, 2.05) is 31.2 Å². The number of rotatable bonds is 7. The van der Waals surface area contributed by atoms with Gasteiger partial charge in [-0.2, -0.15) is 0 Å². The third kappa shape index (κ3) is 4.84. The molecule has 0 aliphatic carbocycles. The summed E-state index contributed by atoms with van der Waals surface area (Å²) in [5, 5.41) is 12.0. The zero-order valence-corrected chi connectivity index (χ0v) is 16.2. The highest BCUT2D eigenvalue weighted by Crippen LogP contribution is 2.20. The van der Waals surface area contributed by atoms with Crippen LogP contribution in [-0.2, 0) is 4.79 Å². The maximum absolute atomic E-state index is 12.8. The Bertz CT molecular complexity index is 802. The van der Waals surface area contributed by atoms with Gasteiger partial charge in [-0.15, -0.1) is 0 Å². The number of carbonyl (C=O) groups is 2. The summed E-state index contributed by atoms with van der Waals surface area (Å²) in [5.74, 6) is -0.231. The molecule has 3 rings (SSSR count). The molecule has 1 aliphatic heterocycles. The minimum absolute atomic E-state index is 0.109. The van der Waals surface area contributed by atoms with E-state index in [0.29, 0.717) is 23.4 Å². The minimum Gasteiger partial charge on any atom is -0.395 e. The lowest BCUT2D eigenvalue weighted by atomic mass is 10.0. The van der Waals surface area contributed by atoms with Crippen molar-refractivity contribution in [2.75, 3.05) is 44.6 Å². The van der Waals surface area contributed by atoms with Gasteiger partial charge in [0.2, 0.25) is 5.91 Å². The summed E-state index contributed by atoms with van der Waals surface area (Å²) in [5.41, 5.74) is 1.62. The molecule has 148 valence electrons. The van der Waals surface area contributed by atoms with Crippen molar-refractivity contribution in [2.45, 2.75) is 13.0 Å². The highest BCUT2D eigenvalue weighted by molar-refractivity contribution is 6.14. The highest BCUT2D eigenvalue weighted by atomic mass is 16.3. The van der Waals surface area contributed by atoms with Crippen molar-refractivity contribution in [1.29, 1.82) is 0 Å². The third-order valence-corrected chi connectivity index (χ3v) is 5.22. The van der Waals surface area contributed by atoms with Gasteiger partial charge in [0, 0.05) is 43.9 Å². The van der Waals surface area contributed by atoms with Crippen molar-refractivity contribution in [3.8, 4) is 0 Å². The van der Waals surface area contributed by atoms with Crippen LogP contribution in [0.4, 0.5) is 5.69 Å². The summed E-state index contributed by atoms with van der Waals surface area (Å²) >= 11 is 0. The Kier molecular flexibility index (Phi) is 6.92. The van der Waals surface area contributed by atoms with Crippen LogP contribution >= 0.6 is 0 Å². The topological polar surface area (TPSA) is 72.9 Å². The summed E-state index contributed by atoms with van der Waals surface area (Å²) in [4.78, 5) is 30.0. The van der Waals surface area contributed by atoms with Gasteiger partial charge < -0.3 is 10.4 Å². The van der Waals surface area contributed by atoms with Crippen molar-refractivity contribution in [1.82, 2.24) is 9.80 Å². The van der Waals surface area contributed by atoms with Gasteiger partial charge >= 0.3 is 0 Å². The molecule has 6 heteroatoms. The van der Waals surface area contributed by atoms with Gasteiger partial charge in [-0.25, -0.2) is 0 Å². The Morgan fingerprint density at radius 1 is 1.00 bits per heavy atom. The molecule has 2 aromatic carbocycles. The molecular weight excluding hydrogens is 354 g/mol. The van der Waals surface area contributed by atoms with Gasteiger partial charge in [0.1, 0.15) is 0 Å². The second kappa shape index (κ2) is 9.59. The lowest BCUT2D eigenvalue weighted by Gasteiger charge is -2.37. The molecule has 1 fully saturated rings. The lowest BCUT2D eigenvalue weighted by molar-refractivity contribution is -0.121. The van der Waals surface area contributed by atoms with Crippen molar-refractivity contribution in [2.24, 2.45) is 0 Å². The summed E-state index contributed by atoms with van der Waals surface area (Å²) in [6.07, 6.45) is 0. The number of hydrogen-bond acceptors (Lipinski definition) is 5. The van der Waals surface area contributed by atoms with E-state index in [0.717, 1.165) is 26.2 Å². The maximum atomic E-state index is 12.8. The first-order valence-electron chi connectivity index (χ1n) is 9.67. The molecule has 28 heavy (non-hydrogen) atoms. The quantitative estimate of drug-likeness (QED) is 0.716. The molecule has 0 saturated carbocycles. The summed E-state index contributed by atoms with van der Waals surface area (Å²) < 4.78 is 0. The second-order valence-corrected chi connectivity index (χ2v) is 7.01. The fourth-order valence-electron chi connectivity index (χ4n) is 3.45.